The predicted molar refractivity (Wildman–Crippen MR) is 327 cm³/mol. The first kappa shape index (κ1) is 60.1. The van der Waals surface area contributed by atoms with Crippen LogP contribution in [0.1, 0.15) is 110 Å². The van der Waals surface area contributed by atoms with Crippen molar-refractivity contribution in [2.24, 2.45) is 0 Å². The van der Waals surface area contributed by atoms with Crippen LogP contribution >= 0.6 is 11.6 Å². The lowest BCUT2D eigenvalue weighted by Gasteiger charge is -2.36. The van der Waals surface area contributed by atoms with Crippen LogP contribution in [0.4, 0.5) is 17.2 Å². The van der Waals surface area contributed by atoms with Crippen molar-refractivity contribution in [3.8, 4) is 0 Å². The van der Waals surface area contributed by atoms with Gasteiger partial charge in [-0.2, -0.15) is 14.7 Å². The summed E-state index contributed by atoms with van der Waals surface area (Å²) in [5.41, 5.74) is 14.6. The van der Waals surface area contributed by atoms with Gasteiger partial charge in [-0.15, -0.1) is 0 Å². The molecular weight excluding hydrogens is 1130 g/mol. The third-order valence-electron chi connectivity index (χ3n) is 14.9. The van der Waals surface area contributed by atoms with Crippen molar-refractivity contribution < 1.29 is 36.3 Å². The molecule has 3 N–H and O–H groups in total. The van der Waals surface area contributed by atoms with Gasteiger partial charge in [0.2, 0.25) is 20.0 Å². The number of carboxylic acids is 1. The lowest BCUT2D eigenvalue weighted by molar-refractivity contribution is 0.0632. The van der Waals surface area contributed by atoms with Crippen LogP contribution in [0.3, 0.4) is 0 Å². The minimum absolute atomic E-state index is 0.0269. The first-order valence-electron chi connectivity index (χ1n) is 27.0. The number of hydrogen-bond donors (Lipinski definition) is 3. The molecule has 1 amide bonds. The Labute approximate surface area is 494 Å². The van der Waals surface area contributed by atoms with E-state index in [9.17, 15) is 31.2 Å². The number of benzene rings is 5. The first-order chi connectivity index (χ1) is 39.7. The number of carbonyl (C=O) groups is 3. The molecule has 2 aliphatic heterocycles. The van der Waals surface area contributed by atoms with Gasteiger partial charge >= 0.3 is 5.97 Å². The molecule has 0 radical (unpaired) electrons. The second-order valence-electron chi connectivity index (χ2n) is 21.6. The van der Waals surface area contributed by atoms with Crippen molar-refractivity contribution in [2.75, 3.05) is 47.5 Å². The van der Waals surface area contributed by atoms with E-state index < -0.39 is 26.0 Å². The molecule has 2 atom stereocenters. The molecule has 4 aromatic heterocycles. The largest absolute Gasteiger partial charge is 0.478 e. The molecule has 0 spiro atoms. The molecule has 0 fully saturated rings. The van der Waals surface area contributed by atoms with Gasteiger partial charge in [-0.05, 0) is 101 Å². The molecular formula is C62H66ClN11O8S2. The molecule has 0 bridgehead atoms. The third kappa shape index (κ3) is 13.4. The number of nitrogens with zero attached hydrogens (tertiary/aromatic N) is 9. The molecule has 0 unspecified atom stereocenters. The monoisotopic (exact) mass is 1190 g/mol. The second kappa shape index (κ2) is 24.4. The zero-order valence-corrected chi connectivity index (χ0v) is 50.7. The summed E-state index contributed by atoms with van der Waals surface area (Å²) in [6.45, 7) is 12.9. The SMILES string of the molecule is Cc1ccc(NS(C)(=O)=O)c(C(=O)N2Cc3ccccc3C[C@H]2c2cc3nc(C)c(C)c(N(C)C)n3n2)c1.Cc1ccc(NS(C)(=O)=O)c(C(=O)O)c1.Cc1nc2cc([C@@H]3Cc4ccccc4CN3CC(=O)c3ccccc3)nn2c(Cl)c1C. The minimum Gasteiger partial charge on any atom is -0.478 e. The molecule has 436 valence electrons. The number of aryl methyl sites for hydroxylation is 4. The summed E-state index contributed by atoms with van der Waals surface area (Å²) >= 11 is 6.56. The van der Waals surface area contributed by atoms with E-state index in [1.807, 2.05) is 119 Å². The fraction of sp³-hybridized carbons (Fsp3) is 0.274. The van der Waals surface area contributed by atoms with Crippen LogP contribution in [0.2, 0.25) is 5.15 Å². The Balaban J connectivity index is 0.000000165. The molecule has 2 aliphatic rings. The Morgan fingerprint density at radius 2 is 1.08 bits per heavy atom. The Bertz CT molecular complexity index is 4260. The number of aromatic nitrogens is 6. The number of hydrogen-bond acceptors (Lipinski definition) is 13. The number of amides is 1. The smallest absolute Gasteiger partial charge is 0.337 e. The highest BCUT2D eigenvalue weighted by Gasteiger charge is 2.36. The van der Waals surface area contributed by atoms with Gasteiger partial charge in [0.1, 0.15) is 11.0 Å². The van der Waals surface area contributed by atoms with Gasteiger partial charge in [-0.25, -0.2) is 36.1 Å². The number of anilines is 3. The molecule has 0 aliphatic carbocycles. The maximum atomic E-state index is 14.2. The summed E-state index contributed by atoms with van der Waals surface area (Å²) in [6.07, 6.45) is 3.43. The summed E-state index contributed by atoms with van der Waals surface area (Å²) in [6, 6.07) is 39.2. The third-order valence-corrected chi connectivity index (χ3v) is 16.5. The fourth-order valence-electron chi connectivity index (χ4n) is 10.6. The standard InChI is InChI=1S/C28H32N6O3S.C25H23ClN4O.C9H11NO4S/c1-17-11-12-23(31-38(6,36)37)22(13-17)28(35)33-16-21-10-8-7-9-20(21)14-25(33)24-15-26-29-19(3)18(2)27(32(4)5)34(26)30-24;1-16-17(2)27-24-13-21(28-30(24)25(16)26)22-12-19-10-6-7-11-20(19)14-29(22)15-23(31)18-8-4-3-5-9-18;1-6-3-4-8(10-15(2,13)14)7(5-6)9(11)12/h7-13,15,25,31H,14,16H2,1-6H3;3-11,13,22H,12,14-15H2,1-2H3;3-5,10H,1-2H3,(H,11,12)/t25-;22-;/m00./s1. The van der Waals surface area contributed by atoms with Gasteiger partial charge in [-0.1, -0.05) is 114 Å². The van der Waals surface area contributed by atoms with Crippen molar-refractivity contribution in [2.45, 2.75) is 79.6 Å². The first-order valence-corrected chi connectivity index (χ1v) is 31.1. The number of aromatic carboxylic acids is 1. The second-order valence-corrected chi connectivity index (χ2v) is 25.4. The lowest BCUT2D eigenvalue weighted by Crippen LogP contribution is -2.39. The number of fused-ring (bicyclic) bond motifs is 4. The van der Waals surface area contributed by atoms with Gasteiger partial charge in [0.05, 0.1) is 65.0 Å². The molecule has 0 saturated heterocycles. The molecule has 84 heavy (non-hydrogen) atoms. The van der Waals surface area contributed by atoms with E-state index in [0.717, 1.165) is 92.1 Å². The van der Waals surface area contributed by atoms with Crippen molar-refractivity contribution in [1.29, 1.82) is 0 Å². The van der Waals surface area contributed by atoms with Crippen molar-refractivity contribution >= 4 is 77.8 Å². The number of carbonyl (C=O) groups excluding carboxylic acids is 2. The van der Waals surface area contributed by atoms with Crippen LogP contribution in [0.15, 0.2) is 127 Å². The van der Waals surface area contributed by atoms with Crippen LogP contribution < -0.4 is 14.3 Å². The number of carboxylic acid groups (broad SMARTS) is 1. The van der Waals surface area contributed by atoms with Gasteiger partial charge < -0.3 is 14.9 Å². The van der Waals surface area contributed by atoms with Crippen LogP contribution in [0.25, 0.3) is 11.3 Å². The summed E-state index contributed by atoms with van der Waals surface area (Å²) in [7, 11) is -3.09. The lowest BCUT2D eigenvalue weighted by atomic mass is 9.91. The van der Waals surface area contributed by atoms with Gasteiger partial charge in [0.25, 0.3) is 5.91 Å². The van der Waals surface area contributed by atoms with Gasteiger partial charge in [0, 0.05) is 67.4 Å². The van der Waals surface area contributed by atoms with Gasteiger partial charge in [-0.3, -0.25) is 23.9 Å². The zero-order chi connectivity index (χ0) is 60.5. The van der Waals surface area contributed by atoms with Crippen LogP contribution in [0, 0.1) is 41.5 Å². The Hall–Kier alpha value is -8.50. The average molecular weight is 1190 g/mol. The summed E-state index contributed by atoms with van der Waals surface area (Å²) < 4.78 is 54.3. The van der Waals surface area contributed by atoms with Crippen molar-refractivity contribution in [1.82, 2.24) is 39.0 Å². The van der Waals surface area contributed by atoms with Crippen LogP contribution in [-0.4, -0.2) is 112 Å². The minimum atomic E-state index is -3.58. The number of sulfonamides is 2. The number of Topliss-reactive ketones (excluding diaryl/α,β-unsaturated/α-hetero) is 1. The van der Waals surface area contributed by atoms with Crippen LogP contribution in [-0.2, 0) is 46.0 Å². The number of rotatable bonds is 12. The molecule has 19 nitrogen and oxygen atoms in total. The Morgan fingerprint density at radius 3 is 1.64 bits per heavy atom. The van der Waals surface area contributed by atoms with Crippen molar-refractivity contribution in [3.63, 3.8) is 0 Å². The molecule has 22 heteroatoms. The number of halogens is 1. The van der Waals surface area contributed by atoms with E-state index in [1.165, 1.54) is 23.3 Å². The maximum Gasteiger partial charge on any atom is 0.337 e. The Kier molecular flexibility index (Phi) is 17.4. The van der Waals surface area contributed by atoms with E-state index in [4.69, 9.17) is 31.9 Å². The summed E-state index contributed by atoms with van der Waals surface area (Å²) in [4.78, 5) is 53.5. The van der Waals surface area contributed by atoms with Crippen LogP contribution in [0.5, 0.6) is 0 Å². The zero-order valence-electron chi connectivity index (χ0n) is 48.3. The normalized spacial score (nSPS) is 15.0. The Morgan fingerprint density at radius 1 is 0.607 bits per heavy atom. The topological polar surface area (TPSA) is 234 Å². The number of ketones is 1. The van der Waals surface area contributed by atoms with E-state index in [0.29, 0.717) is 42.4 Å². The van der Waals surface area contributed by atoms with E-state index in [2.05, 4.69) is 49.7 Å². The molecule has 0 saturated carbocycles. The fourth-order valence-corrected chi connectivity index (χ4v) is 12.0. The highest BCUT2D eigenvalue weighted by Crippen LogP contribution is 2.38. The van der Waals surface area contributed by atoms with Gasteiger partial charge in [0.15, 0.2) is 17.1 Å². The molecule has 11 rings (SSSR count). The van der Waals surface area contributed by atoms with E-state index in [1.54, 1.807) is 40.6 Å². The van der Waals surface area contributed by atoms with E-state index >= 15 is 0 Å². The summed E-state index contributed by atoms with van der Waals surface area (Å²) in [5, 5.41) is 19.2. The maximum absolute atomic E-state index is 14.2. The molecule has 6 heterocycles. The highest BCUT2D eigenvalue weighted by atomic mass is 35.5. The molecule has 9 aromatic rings. The average Bonchev–Trinajstić information content (AvgIpc) is 2.29. The summed E-state index contributed by atoms with van der Waals surface area (Å²) in [5.74, 6) is -0.378. The highest BCUT2D eigenvalue weighted by molar-refractivity contribution is 7.92. The predicted octanol–water partition coefficient (Wildman–Crippen LogP) is 10.1. The van der Waals surface area contributed by atoms with Crippen molar-refractivity contribution in [3.05, 3.63) is 217 Å². The quantitative estimate of drug-likeness (QED) is 0.0763. The van der Waals surface area contributed by atoms with E-state index in [-0.39, 0.29) is 40.7 Å². The number of nitrogens with one attached hydrogen (secondary N) is 2. The molecule has 5 aromatic carbocycles.